The summed E-state index contributed by atoms with van der Waals surface area (Å²) < 4.78 is 5.38. The molecule has 3 N–H and O–H groups in total. The lowest BCUT2D eigenvalue weighted by Gasteiger charge is -2.57. The fraction of sp³-hybridized carbons (Fsp3) is 0.769. The number of hydrogen-bond donors (Lipinski definition) is 2. The molecule has 0 radical (unpaired) electrons. The molecule has 0 aliphatic heterocycles. The third kappa shape index (κ3) is 9.69. The van der Waals surface area contributed by atoms with Crippen LogP contribution in [0.3, 0.4) is 0 Å². The average molecular weight is 1250 g/mol. The van der Waals surface area contributed by atoms with Crippen LogP contribution in [0.4, 0.5) is 0 Å². The van der Waals surface area contributed by atoms with Gasteiger partial charge < -0.3 is 15.6 Å². The average Bonchev–Trinajstić information content (AvgIpc) is 1.73. The lowest BCUT2D eigenvalue weighted by molar-refractivity contribution is -0.142. The van der Waals surface area contributed by atoms with E-state index in [1.54, 1.807) is 6.08 Å². The zero-order chi connectivity index (χ0) is 65.1. The summed E-state index contributed by atoms with van der Waals surface area (Å²) in [6.45, 7) is 19.2. The van der Waals surface area contributed by atoms with E-state index < -0.39 is 5.97 Å². The van der Waals surface area contributed by atoms with Gasteiger partial charge in [-0.25, -0.2) is 0 Å². The molecular formula is C78H105NO12. The SMILES string of the molecule is CC(=O)OC1=C2CC[C@@H]3[C@H](CC[C@]4(C)C(=O)CC[C@@H]34)[C@@]2(C)CCC1=O.C[C@]12CCC(=O)C(N)=C1CC[C@@H]1[C@@H]2CC[C@]2(C)C(=O)CC[C@@H]12.C[C@]12CCC(=O)C(O)=C1CC[C@@H]1[C@@H]2CC[C@]2(C)C(=O)CC[C@@H]12.C[C@]12CCC(=O)C=C1C(=O)C[C@@H]1[C@@H]2CC[C@]2(C)C(=O)CC[C@@H]12. The van der Waals surface area contributed by atoms with Crippen molar-refractivity contribution in [3.05, 3.63) is 45.6 Å². The number of aliphatic hydroxyl groups excluding tert-OH is 1. The second-order valence-corrected chi connectivity index (χ2v) is 34.5. The smallest absolute Gasteiger partial charge is 0.308 e. The highest BCUT2D eigenvalue weighted by Crippen LogP contribution is 2.69. The summed E-state index contributed by atoms with van der Waals surface area (Å²) in [6, 6.07) is 0. The van der Waals surface area contributed by atoms with E-state index in [0.717, 1.165) is 177 Å². The first kappa shape index (κ1) is 64.8. The minimum atomic E-state index is -0.403. The second kappa shape index (κ2) is 22.6. The number of fused-ring (bicyclic) bond motifs is 20. The van der Waals surface area contributed by atoms with Gasteiger partial charge in [-0.2, -0.15) is 0 Å². The third-order valence-corrected chi connectivity index (χ3v) is 31.2. The zero-order valence-electron chi connectivity index (χ0n) is 56.4. The Morgan fingerprint density at radius 2 is 0.736 bits per heavy atom. The number of rotatable bonds is 1. The van der Waals surface area contributed by atoms with Gasteiger partial charge in [0.1, 0.15) is 23.1 Å². The number of Topliss-reactive ketones (excluding diaryl/α,β-unsaturated/α-hetero) is 8. The third-order valence-electron chi connectivity index (χ3n) is 31.2. The van der Waals surface area contributed by atoms with Crippen molar-refractivity contribution in [1.29, 1.82) is 0 Å². The van der Waals surface area contributed by atoms with E-state index >= 15 is 0 Å². The summed E-state index contributed by atoms with van der Waals surface area (Å²) in [7, 11) is 0. The predicted octanol–water partition coefficient (Wildman–Crippen LogP) is 14.6. The molecule has 494 valence electrons. The number of esters is 1. The Labute approximate surface area is 540 Å². The molecule has 0 heterocycles. The Bertz CT molecular complexity index is 3230. The van der Waals surface area contributed by atoms with E-state index in [0.29, 0.717) is 144 Å². The Balaban J connectivity index is 0.000000111. The van der Waals surface area contributed by atoms with Gasteiger partial charge in [-0.1, -0.05) is 55.4 Å². The lowest BCUT2D eigenvalue weighted by Crippen LogP contribution is -2.53. The highest BCUT2D eigenvalue weighted by atomic mass is 16.5. The molecule has 20 atom stereocenters. The molecule has 0 unspecified atom stereocenters. The van der Waals surface area contributed by atoms with Crippen molar-refractivity contribution in [3.8, 4) is 0 Å². The predicted molar refractivity (Wildman–Crippen MR) is 343 cm³/mol. The topological polar surface area (TPSA) is 226 Å². The van der Waals surface area contributed by atoms with Crippen LogP contribution >= 0.6 is 0 Å². The minimum absolute atomic E-state index is 0.0159. The van der Waals surface area contributed by atoms with E-state index in [-0.39, 0.29) is 78.0 Å². The van der Waals surface area contributed by atoms with Gasteiger partial charge in [0.2, 0.25) is 0 Å². The van der Waals surface area contributed by atoms with E-state index in [9.17, 15) is 53.1 Å². The molecule has 16 aliphatic rings. The molecular weight excluding hydrogens is 1140 g/mol. The fourth-order valence-electron chi connectivity index (χ4n) is 25.8. The summed E-state index contributed by atoms with van der Waals surface area (Å²) in [5.41, 5.74) is 10.3. The number of hydrogen-bond acceptors (Lipinski definition) is 13. The molecule has 16 aliphatic carbocycles. The molecule has 0 saturated heterocycles. The van der Waals surface area contributed by atoms with Gasteiger partial charge in [-0.15, -0.1) is 0 Å². The molecule has 0 spiro atoms. The van der Waals surface area contributed by atoms with E-state index in [1.807, 2.05) is 0 Å². The van der Waals surface area contributed by atoms with Gasteiger partial charge in [0, 0.05) is 91.9 Å². The fourth-order valence-corrected chi connectivity index (χ4v) is 25.8. The maximum Gasteiger partial charge on any atom is 0.308 e. The Kier molecular flexibility index (Phi) is 16.1. The van der Waals surface area contributed by atoms with Crippen LogP contribution in [-0.4, -0.2) is 63.1 Å². The van der Waals surface area contributed by atoms with Gasteiger partial charge in [-0.3, -0.25) is 47.9 Å². The first-order valence-corrected chi connectivity index (χ1v) is 36.2. The molecule has 0 amide bonds. The number of ether oxygens (including phenoxy) is 1. The van der Waals surface area contributed by atoms with Crippen molar-refractivity contribution in [1.82, 2.24) is 0 Å². The summed E-state index contributed by atoms with van der Waals surface area (Å²) in [5.74, 6) is 8.44. The normalized spacial score (nSPS) is 46.6. The Hall–Kier alpha value is -4.94. The van der Waals surface area contributed by atoms with Crippen LogP contribution in [0.1, 0.15) is 261 Å². The first-order valence-electron chi connectivity index (χ1n) is 36.2. The molecule has 0 bridgehead atoms. The lowest BCUT2D eigenvalue weighted by atomic mass is 9.47. The van der Waals surface area contributed by atoms with Crippen LogP contribution in [0, 0.1) is 114 Å². The van der Waals surface area contributed by atoms with Gasteiger partial charge >= 0.3 is 5.97 Å². The van der Waals surface area contributed by atoms with Crippen LogP contribution in [-0.2, 0) is 52.7 Å². The molecule has 13 nitrogen and oxygen atoms in total. The van der Waals surface area contributed by atoms with Crippen molar-refractivity contribution in [2.24, 2.45) is 120 Å². The maximum absolute atomic E-state index is 12.7. The van der Waals surface area contributed by atoms with Gasteiger partial charge in [0.15, 0.2) is 40.4 Å². The van der Waals surface area contributed by atoms with Crippen LogP contribution < -0.4 is 5.73 Å². The molecule has 0 aromatic rings. The minimum Gasteiger partial charge on any atom is -0.504 e. The standard InChI is InChI=1S/C21H28O4.C19H27NO2.C19H24O3.C19H26O3/c1-12(22)25-19-16-5-4-13-14-6-7-18(24)21(14,3)10-8-15(13)20(16,2)11-9-17(19)23;1-18-10-8-15(21)17(20)14(18)4-3-11-12-5-6-16(22)19(12,2)9-7-13(11)18;1-18-7-5-11(20)9-15(18)16(21)10-12-13-3-4-17(22)19(13,2)8-6-14(12)18;1-18-10-8-15(20)17(22)14(18)4-3-11-12-5-6-16(21)19(12,2)9-7-13(11)18/h13-15H,4-11H2,1-3H3;11-13H,3-10,20H2,1-2H3;9,12-14H,3-8,10H2,1-2H3;11-13,22H,3-10H2,1-2H3/t13-,14-,15-,20+,21-;11-,12-,13-,18+,19-;12-,13-,14-,18+,19-;11-,12-,13-,18+,19-/m0000/s1. The molecule has 0 aromatic heterocycles. The quantitative estimate of drug-likeness (QED) is 0.233. The molecule has 12 fully saturated rings. The van der Waals surface area contributed by atoms with Crippen molar-refractivity contribution < 1.29 is 57.8 Å². The van der Waals surface area contributed by atoms with Crippen molar-refractivity contribution in [2.75, 3.05) is 0 Å². The largest absolute Gasteiger partial charge is 0.504 e. The van der Waals surface area contributed by atoms with E-state index in [4.69, 9.17) is 10.5 Å². The van der Waals surface area contributed by atoms with Gasteiger partial charge in [-0.05, 0) is 257 Å². The number of carbonyl (C=O) groups excluding carboxylic acids is 10. The Morgan fingerprint density at radius 1 is 0.385 bits per heavy atom. The molecule has 0 aromatic carbocycles. The number of nitrogens with two attached hydrogens (primary N) is 1. The van der Waals surface area contributed by atoms with Gasteiger partial charge in [0.05, 0.1) is 5.70 Å². The molecule has 16 rings (SSSR count). The molecule has 13 heteroatoms. The number of carbonyl (C=O) groups is 10. The van der Waals surface area contributed by atoms with Crippen molar-refractivity contribution in [3.63, 3.8) is 0 Å². The molecule has 91 heavy (non-hydrogen) atoms. The number of allylic oxidation sites excluding steroid dienone is 4. The monoisotopic (exact) mass is 1250 g/mol. The summed E-state index contributed by atoms with van der Waals surface area (Å²) in [4.78, 5) is 122. The van der Waals surface area contributed by atoms with Crippen LogP contribution in [0.5, 0.6) is 0 Å². The summed E-state index contributed by atoms with van der Waals surface area (Å²) in [6.07, 6.45) is 28.9. The maximum atomic E-state index is 12.7. The van der Waals surface area contributed by atoms with Crippen molar-refractivity contribution in [2.45, 2.75) is 261 Å². The Morgan fingerprint density at radius 3 is 1.19 bits per heavy atom. The first-order chi connectivity index (χ1) is 42.9. The van der Waals surface area contributed by atoms with Crippen LogP contribution in [0.15, 0.2) is 45.6 Å². The second-order valence-electron chi connectivity index (χ2n) is 34.5. The zero-order valence-corrected chi connectivity index (χ0v) is 56.4. The van der Waals surface area contributed by atoms with E-state index in [2.05, 4.69) is 55.4 Å². The number of ketones is 9. The van der Waals surface area contributed by atoms with Gasteiger partial charge in [0.25, 0.3) is 0 Å². The van der Waals surface area contributed by atoms with Crippen molar-refractivity contribution >= 4 is 58.0 Å². The summed E-state index contributed by atoms with van der Waals surface area (Å²) >= 11 is 0. The molecule has 12 saturated carbocycles. The highest BCUT2D eigenvalue weighted by molar-refractivity contribution is 6.06. The summed E-state index contributed by atoms with van der Waals surface area (Å²) in [5, 5.41) is 10.3. The van der Waals surface area contributed by atoms with Crippen LogP contribution in [0.2, 0.25) is 0 Å². The van der Waals surface area contributed by atoms with Crippen LogP contribution in [0.25, 0.3) is 0 Å². The highest BCUT2D eigenvalue weighted by Gasteiger charge is 2.65. The number of aliphatic hydroxyl groups is 1. The van der Waals surface area contributed by atoms with E-state index in [1.165, 1.54) is 12.5 Å².